The Morgan fingerprint density at radius 1 is 0.443 bits per heavy atom. The molecular weight excluding hydrogens is 1440 g/mol. The number of Topliss-reactive ketones (excluding diaryl/α,β-unsaturated/α-hetero) is 2. The molecule has 0 unspecified atom stereocenters. The van der Waals surface area contributed by atoms with Crippen molar-refractivity contribution in [3.8, 4) is 0 Å². The van der Waals surface area contributed by atoms with Crippen molar-refractivity contribution in [3.05, 3.63) is 120 Å². The molecule has 0 saturated heterocycles. The maximum Gasteiger partial charge on any atom is 0.309 e. The minimum absolute atomic E-state index is 0.121. The number of aliphatic hydroxyl groups excluding tert-OH is 1. The molecule has 6 saturated carbocycles. The summed E-state index contributed by atoms with van der Waals surface area (Å²) in [5.41, 5.74) is 3.18. The molecule has 0 aliphatic heterocycles. The summed E-state index contributed by atoms with van der Waals surface area (Å²) in [6, 6.07) is 30.8. The average molecular weight is 1600 g/mol. The zero-order chi connectivity index (χ0) is 85.4. The minimum atomic E-state index is -0.541. The standard InChI is InChI=1S/C22H32O3.C18H26O2.C17H24O2.C16H32O2.C16H30O2.C12H20O3/c1-22(2)19(13-8-14-21(23)24-3)11-7-12-20(22)15-16-25-17-18-9-5-4-6-10-18;1-18(2)16(9-6-10-17(18)13-19)11-12-20-14-15-7-4-3-5-8-15;1-17(2)15(9-6-10-16(17)18)11-12-19-13-14-7-4-3-5-8-14;2*1-15(2,18)11-6-9-13-7-5-8-14(10-12-17)16(13,3)4;1-9(13)15-8-7-10-5-4-6-11(14)12(10,2)3/h4-6,8-10,13,19-20H,7,11-12,14-17H2,1-3H3;3-5,7-8,13,16-17H,6,9-12,14H2,1-2H3;3-5,7-8,15H,6,9-13H2,1-2H3;13-14,17-18H,5-12H2,1-4H3;12-14,18H,5-11H2,1-4H3;10H,4-8H2,1-3H3/b13-8-;;;;;/t19-,20+;16-,17+;15-;2*13-,14+;10-/m100110/s1. The van der Waals surface area contributed by atoms with Crippen LogP contribution in [0.25, 0.3) is 0 Å². The number of ether oxygens (including phenoxy) is 5. The van der Waals surface area contributed by atoms with Crippen molar-refractivity contribution in [2.24, 2.45) is 91.7 Å². The van der Waals surface area contributed by atoms with E-state index in [4.69, 9.17) is 23.7 Å². The lowest BCUT2D eigenvalue weighted by Crippen LogP contribution is -2.37. The van der Waals surface area contributed by atoms with Gasteiger partial charge in [0.1, 0.15) is 24.1 Å². The van der Waals surface area contributed by atoms with Crippen LogP contribution in [0.2, 0.25) is 0 Å². The van der Waals surface area contributed by atoms with Crippen LogP contribution in [0.4, 0.5) is 0 Å². The number of carbonyl (C=O) groups excluding carboxylic acids is 6. The Bertz CT molecular complexity index is 3210. The number of benzene rings is 3. The normalized spacial score (nSPS) is 25.2. The number of allylic oxidation sites excluding steroid dienone is 1. The van der Waals surface area contributed by atoms with Crippen molar-refractivity contribution >= 4 is 36.1 Å². The van der Waals surface area contributed by atoms with E-state index in [-0.39, 0.29) is 44.9 Å². The lowest BCUT2D eigenvalue weighted by molar-refractivity contribution is -0.142. The Morgan fingerprint density at radius 3 is 1.16 bits per heavy atom. The highest BCUT2D eigenvalue weighted by Gasteiger charge is 2.44. The zero-order valence-electron chi connectivity index (χ0n) is 75.7. The monoisotopic (exact) mass is 1600 g/mol. The molecule has 115 heavy (non-hydrogen) atoms. The molecule has 6 aliphatic carbocycles. The van der Waals surface area contributed by atoms with Crippen LogP contribution in [0.3, 0.4) is 0 Å². The quantitative estimate of drug-likeness (QED) is 0.0220. The van der Waals surface area contributed by atoms with Crippen LogP contribution < -0.4 is 0 Å². The molecule has 0 amide bonds. The molecule has 652 valence electrons. The summed E-state index contributed by atoms with van der Waals surface area (Å²) in [5, 5.41) is 28.7. The summed E-state index contributed by atoms with van der Waals surface area (Å²) in [6.07, 6.45) is 39.4. The number of hydrogen-bond acceptors (Lipinski definition) is 14. The van der Waals surface area contributed by atoms with Crippen molar-refractivity contribution in [2.75, 3.05) is 40.1 Å². The highest BCUT2D eigenvalue weighted by atomic mass is 16.5. The molecule has 0 radical (unpaired) electrons. The van der Waals surface area contributed by atoms with Gasteiger partial charge in [-0.2, -0.15) is 0 Å². The smallest absolute Gasteiger partial charge is 0.309 e. The van der Waals surface area contributed by atoms with Gasteiger partial charge in [-0.3, -0.25) is 19.2 Å². The van der Waals surface area contributed by atoms with Crippen molar-refractivity contribution in [3.63, 3.8) is 0 Å². The van der Waals surface area contributed by atoms with E-state index in [9.17, 15) is 44.1 Å². The summed E-state index contributed by atoms with van der Waals surface area (Å²) in [7, 11) is 1.44. The number of aldehydes is 2. The Morgan fingerprint density at radius 2 is 0.783 bits per heavy atom. The van der Waals surface area contributed by atoms with E-state index < -0.39 is 11.2 Å². The Kier molecular flexibility index (Phi) is 45.7. The predicted octanol–water partition coefficient (Wildman–Crippen LogP) is 23.4. The van der Waals surface area contributed by atoms with Crippen LogP contribution >= 0.6 is 0 Å². The van der Waals surface area contributed by atoms with Crippen LogP contribution in [-0.2, 0) is 72.3 Å². The molecule has 3 aromatic rings. The molecule has 3 N–H and O–H groups in total. The molecule has 14 nitrogen and oxygen atoms in total. The molecule has 0 aromatic heterocycles. The van der Waals surface area contributed by atoms with E-state index in [1.165, 1.54) is 114 Å². The summed E-state index contributed by atoms with van der Waals surface area (Å²) in [5.74, 6) is 5.87. The highest BCUT2D eigenvalue weighted by molar-refractivity contribution is 5.85. The number of rotatable bonds is 34. The Labute approximate surface area is 699 Å². The van der Waals surface area contributed by atoms with Gasteiger partial charge in [0.05, 0.1) is 51.2 Å². The number of hydrogen-bond donors (Lipinski definition) is 3. The molecule has 3 aromatic carbocycles. The van der Waals surface area contributed by atoms with Gasteiger partial charge < -0.3 is 48.6 Å². The SMILES string of the molecule is CC(=O)OCC[C@@H]1CCCC(=O)C1(C)C.CC(C)(O)CCC[C@H]1CCC[C@@H](CC=O)C1(C)C.CC(C)(O)CCC[C@H]1CCC[C@@H](CCO)C1(C)C.CC1(C)C(=O)CCC[C@H]1CCOCc1ccccc1.CC1(C)[C@H](CCOCc2ccccc2)CCC[C@@H]1C=O.COC(=O)C/C=C\[C@H]1CCC[C@@H](CCOCc2ccccc2)C1(C)C. The fraction of sp³-hybridized carbons (Fsp3) is 0.743. The van der Waals surface area contributed by atoms with Crippen molar-refractivity contribution in [1.82, 2.24) is 0 Å². The van der Waals surface area contributed by atoms with Gasteiger partial charge in [0.2, 0.25) is 0 Å². The van der Waals surface area contributed by atoms with Gasteiger partial charge in [-0.05, 0) is 254 Å². The second-order valence-corrected chi connectivity index (χ2v) is 39.6. The number of carbonyl (C=O) groups is 6. The van der Waals surface area contributed by atoms with Gasteiger partial charge in [0, 0.05) is 69.4 Å². The molecule has 9 rings (SSSR count). The molecule has 10 atom stereocenters. The first-order valence-electron chi connectivity index (χ1n) is 45.0. The lowest BCUT2D eigenvalue weighted by Gasteiger charge is -2.45. The second-order valence-electron chi connectivity index (χ2n) is 39.6. The lowest BCUT2D eigenvalue weighted by atomic mass is 9.60. The van der Waals surface area contributed by atoms with E-state index >= 15 is 0 Å². The third-order valence-electron chi connectivity index (χ3n) is 28.5. The third-order valence-corrected chi connectivity index (χ3v) is 28.5. The zero-order valence-corrected chi connectivity index (χ0v) is 75.7. The van der Waals surface area contributed by atoms with Gasteiger partial charge in [0.15, 0.2) is 0 Å². The third kappa shape index (κ3) is 36.7. The first kappa shape index (κ1) is 102. The van der Waals surface area contributed by atoms with Gasteiger partial charge in [0.25, 0.3) is 0 Å². The van der Waals surface area contributed by atoms with Crippen LogP contribution in [0.1, 0.15) is 333 Å². The van der Waals surface area contributed by atoms with Crippen LogP contribution in [0.15, 0.2) is 103 Å². The summed E-state index contributed by atoms with van der Waals surface area (Å²) in [6.45, 7) is 40.9. The van der Waals surface area contributed by atoms with E-state index in [2.05, 4.69) is 112 Å². The van der Waals surface area contributed by atoms with Crippen molar-refractivity contribution in [1.29, 1.82) is 0 Å². The fourth-order valence-electron chi connectivity index (χ4n) is 19.6. The molecule has 14 heteroatoms. The topological polar surface area (TPSA) is 209 Å². The van der Waals surface area contributed by atoms with Crippen molar-refractivity contribution < 1.29 is 67.8 Å². The first-order valence-corrected chi connectivity index (χ1v) is 45.0. The maximum atomic E-state index is 11.9. The summed E-state index contributed by atoms with van der Waals surface area (Å²) >= 11 is 0. The fourth-order valence-corrected chi connectivity index (χ4v) is 19.6. The van der Waals surface area contributed by atoms with Crippen LogP contribution in [0, 0.1) is 91.7 Å². The van der Waals surface area contributed by atoms with E-state index in [0.717, 1.165) is 141 Å². The van der Waals surface area contributed by atoms with Crippen LogP contribution in [0.5, 0.6) is 0 Å². The molecule has 0 heterocycles. The molecule has 0 spiro atoms. The second kappa shape index (κ2) is 51.4. The molecular formula is C101H164O14. The number of aliphatic hydroxyl groups is 3. The Hall–Kier alpha value is -5.22. The van der Waals surface area contributed by atoms with Gasteiger partial charge >= 0.3 is 11.9 Å². The van der Waals surface area contributed by atoms with Gasteiger partial charge in [-0.1, -0.05) is 225 Å². The first-order chi connectivity index (χ1) is 54.3. The summed E-state index contributed by atoms with van der Waals surface area (Å²) in [4.78, 5) is 67.5. The van der Waals surface area contributed by atoms with E-state index in [0.29, 0.717) is 110 Å². The number of ketones is 2. The molecule has 0 bridgehead atoms. The van der Waals surface area contributed by atoms with E-state index in [1.807, 2.05) is 102 Å². The van der Waals surface area contributed by atoms with Crippen molar-refractivity contribution in [2.45, 2.75) is 348 Å². The van der Waals surface area contributed by atoms with Crippen LogP contribution in [-0.4, -0.2) is 103 Å². The Balaban J connectivity index is 0.000000293. The minimum Gasteiger partial charge on any atom is -0.469 e. The van der Waals surface area contributed by atoms with Gasteiger partial charge in [-0.15, -0.1) is 0 Å². The molecule has 6 aliphatic rings. The van der Waals surface area contributed by atoms with Gasteiger partial charge in [-0.25, -0.2) is 0 Å². The number of esters is 2. The number of methoxy groups -OCH3 is 1. The largest absolute Gasteiger partial charge is 0.469 e. The average Bonchev–Trinajstić information content (AvgIpc) is 0.839. The van der Waals surface area contributed by atoms with E-state index in [1.54, 1.807) is 0 Å². The maximum absolute atomic E-state index is 11.9. The predicted molar refractivity (Wildman–Crippen MR) is 469 cm³/mol. The summed E-state index contributed by atoms with van der Waals surface area (Å²) < 4.78 is 27.1. The highest BCUT2D eigenvalue weighted by Crippen LogP contribution is 2.52. The molecule has 6 fully saturated rings.